The Morgan fingerprint density at radius 2 is 0.750 bits per heavy atom. The normalized spacial score (nSPS) is 16.0. The summed E-state index contributed by atoms with van der Waals surface area (Å²) in [5.74, 6) is 0. The molecule has 0 aromatic heterocycles. The van der Waals surface area contributed by atoms with Gasteiger partial charge in [-0.3, -0.25) is 0 Å². The van der Waals surface area contributed by atoms with Gasteiger partial charge in [-0.25, -0.2) is 0 Å². The molecule has 0 aliphatic rings. The molecule has 4 radical (unpaired) electrons. The third-order valence-electron chi connectivity index (χ3n) is 15.6. The van der Waals surface area contributed by atoms with Crippen LogP contribution in [0.25, 0.3) is 4.41 Å². The van der Waals surface area contributed by atoms with Gasteiger partial charge in [-0.1, -0.05) is 48.1 Å². The van der Waals surface area contributed by atoms with Crippen LogP contribution in [0.5, 0.6) is 0 Å². The van der Waals surface area contributed by atoms with Crippen molar-refractivity contribution >= 4 is 66.9 Å². The van der Waals surface area contributed by atoms with Crippen LogP contribution in [0, 0.1) is 0 Å². The zero-order valence-corrected chi connectivity index (χ0v) is 49.5. The van der Waals surface area contributed by atoms with E-state index in [9.17, 15) is 0 Å². The molecule has 0 N–H and O–H groups in total. The van der Waals surface area contributed by atoms with Crippen molar-refractivity contribution in [2.24, 2.45) is 0 Å². The van der Waals surface area contributed by atoms with Gasteiger partial charge in [0.05, 0.1) is 8.80 Å². The first-order chi connectivity index (χ1) is 22.3. The van der Waals surface area contributed by atoms with Gasteiger partial charge in [-0.15, -0.1) is 0 Å². The molecule has 7 heteroatoms. The quantitative estimate of drug-likeness (QED) is 0.250. The standard InChI is InChI=1S/C36H73GeSi5.C9H21Si/c1-31(2,3)39(20,32(4,5)6)38(19)42(28-30(37)29-26-24-23-25-27-29,40(21,33(7,8)9)34(10,11)12)41(22,35(13,14)15)36(16,17)18;1-8(2,3)10(7)9(4,5)6/h23-28,37H,1-22H3;1-7H3/b30-28-;. The van der Waals surface area contributed by atoms with E-state index in [0.717, 1.165) is 0 Å². The Morgan fingerprint density at radius 3 is 0.942 bits per heavy atom. The number of hydrogen-bond donors (Lipinski definition) is 0. The SMILES string of the molecule is C[Si](C(C)(C)C)C(C)(C)C.C[Si]([Si](C)(C(C)(C)C)C(C)(C)C)[Si](/C=[C](\[GeH])c1ccccc1)([Si](C)(C(C)(C)C)C(C)(C)C)[Si](C)(C(C)(C)C)C(C)(C)C. The molecule has 0 amide bonds. The molecule has 0 aliphatic carbocycles. The predicted molar refractivity (Wildman–Crippen MR) is 263 cm³/mol. The summed E-state index contributed by atoms with van der Waals surface area (Å²) in [4.78, 5) is 0. The van der Waals surface area contributed by atoms with Gasteiger partial charge in [0, 0.05) is 0 Å². The van der Waals surface area contributed by atoms with Crippen LogP contribution in [0.1, 0.15) is 172 Å². The van der Waals surface area contributed by atoms with Gasteiger partial charge in [0.1, 0.15) is 0 Å². The van der Waals surface area contributed by atoms with Crippen LogP contribution in [-0.4, -0.2) is 62.5 Å². The molecule has 1 aromatic carbocycles. The van der Waals surface area contributed by atoms with Crippen molar-refractivity contribution in [1.29, 1.82) is 0 Å². The maximum absolute atomic E-state index is 3.21. The second-order valence-corrected chi connectivity index (χ2v) is 76.5. The summed E-state index contributed by atoms with van der Waals surface area (Å²) in [5.41, 5.74) is 4.68. The van der Waals surface area contributed by atoms with Gasteiger partial charge >= 0.3 is 281 Å². The molecule has 0 aliphatic heterocycles. The fraction of sp³-hybridized carbons (Fsp3) is 0.822. The van der Waals surface area contributed by atoms with Gasteiger partial charge in [0.15, 0.2) is 0 Å². The number of rotatable bonds is 6. The first-order valence-electron chi connectivity index (χ1n) is 20.5. The second kappa shape index (κ2) is 16.2. The fourth-order valence-electron chi connectivity index (χ4n) is 11.0. The van der Waals surface area contributed by atoms with Crippen LogP contribution in [0.15, 0.2) is 36.0 Å². The third kappa shape index (κ3) is 9.73. The fourth-order valence-corrected chi connectivity index (χ4v) is 162. The molecule has 0 atom stereocenters. The molecule has 1 aromatic rings. The van der Waals surface area contributed by atoms with Crippen molar-refractivity contribution in [1.82, 2.24) is 0 Å². The number of hydrogen-bond acceptors (Lipinski definition) is 0. The Bertz CT molecular complexity index is 1230. The van der Waals surface area contributed by atoms with E-state index < -0.39 is 37.2 Å². The molecule has 1 rings (SSSR count). The van der Waals surface area contributed by atoms with E-state index in [1.807, 2.05) is 16.5 Å². The van der Waals surface area contributed by atoms with Crippen molar-refractivity contribution in [3.63, 3.8) is 0 Å². The minimum absolute atomic E-state index is 0.221. The summed E-state index contributed by atoms with van der Waals surface area (Å²) in [6, 6.07) is 11.5. The van der Waals surface area contributed by atoms with Crippen molar-refractivity contribution in [3.05, 3.63) is 41.6 Å². The van der Waals surface area contributed by atoms with Crippen LogP contribution in [0.2, 0.25) is 73.0 Å². The molecule has 0 saturated heterocycles. The molecule has 0 saturated carbocycles. The molecule has 0 spiro atoms. The molecular weight excluding hydrogens is 782 g/mol. The topological polar surface area (TPSA) is 0 Å². The predicted octanol–water partition coefficient (Wildman–Crippen LogP) is 16.1. The average Bonchev–Trinajstić information content (AvgIpc) is 2.89. The molecule has 0 bridgehead atoms. The molecule has 0 fully saturated rings. The van der Waals surface area contributed by atoms with E-state index in [-0.39, 0.29) is 8.80 Å². The van der Waals surface area contributed by atoms with E-state index in [0.29, 0.717) is 40.3 Å². The van der Waals surface area contributed by atoms with Crippen LogP contribution in [-0.2, 0) is 0 Å². The van der Waals surface area contributed by atoms with E-state index in [1.165, 1.54) is 5.56 Å². The summed E-state index contributed by atoms with van der Waals surface area (Å²) in [7, 11) is -7.17. The maximum atomic E-state index is 3.21. The Kier molecular flexibility index (Phi) is 16.5. The Balaban J connectivity index is 0.00000225. The molecule has 52 heavy (non-hydrogen) atoms. The summed E-state index contributed by atoms with van der Waals surface area (Å²) >= 11 is 1.87. The molecule has 302 valence electrons. The van der Waals surface area contributed by atoms with Crippen molar-refractivity contribution in [3.8, 4) is 0 Å². The zero-order valence-electron chi connectivity index (χ0n) is 41.0. The third-order valence-corrected chi connectivity index (χ3v) is 116. The molecule has 0 unspecified atom stereocenters. The van der Waals surface area contributed by atoms with Crippen LogP contribution in [0.4, 0.5) is 0 Å². The van der Waals surface area contributed by atoms with Crippen LogP contribution in [0.3, 0.4) is 0 Å². The Hall–Kier alpha value is 0.804. The van der Waals surface area contributed by atoms with E-state index in [2.05, 4.69) is 235 Å². The molecular formula is C45H94GeSi6. The Labute approximate surface area is 345 Å². The second-order valence-electron chi connectivity index (χ2n) is 25.4. The average molecular weight is 876 g/mol. The zero-order chi connectivity index (χ0) is 42.6. The monoisotopic (exact) mass is 877 g/mol. The number of benzene rings is 1. The first kappa shape index (κ1) is 52.8. The molecule has 0 nitrogen and oxygen atoms in total. The van der Waals surface area contributed by atoms with Gasteiger partial charge in [-0.05, 0) is 10.1 Å². The van der Waals surface area contributed by atoms with Crippen LogP contribution >= 0.6 is 0 Å². The summed E-state index contributed by atoms with van der Waals surface area (Å²) < 4.78 is 1.64. The summed E-state index contributed by atoms with van der Waals surface area (Å²) in [6.07, 6.45) is 0. The Morgan fingerprint density at radius 1 is 0.481 bits per heavy atom. The van der Waals surface area contributed by atoms with Crippen molar-refractivity contribution < 1.29 is 0 Å². The van der Waals surface area contributed by atoms with Gasteiger partial charge in [0.2, 0.25) is 0 Å². The van der Waals surface area contributed by atoms with E-state index >= 15 is 0 Å². The summed E-state index contributed by atoms with van der Waals surface area (Å²) in [6.45, 7) is 74.2. The van der Waals surface area contributed by atoms with E-state index in [4.69, 9.17) is 0 Å². The van der Waals surface area contributed by atoms with Crippen molar-refractivity contribution in [2.45, 2.75) is 239 Å². The molecule has 0 heterocycles. The van der Waals surface area contributed by atoms with Crippen LogP contribution < -0.4 is 0 Å². The van der Waals surface area contributed by atoms with Gasteiger partial charge < -0.3 is 0 Å². The minimum atomic E-state index is -2.25. The van der Waals surface area contributed by atoms with Gasteiger partial charge in [-0.2, -0.15) is 0 Å². The van der Waals surface area contributed by atoms with Crippen molar-refractivity contribution in [2.75, 3.05) is 0 Å². The first-order valence-corrected chi connectivity index (χ1v) is 39.3. The van der Waals surface area contributed by atoms with Gasteiger partial charge in [0.25, 0.3) is 0 Å². The summed E-state index contributed by atoms with van der Waals surface area (Å²) in [5, 5.41) is 2.93. The van der Waals surface area contributed by atoms with E-state index in [1.54, 1.807) is 4.41 Å².